The number of rotatable bonds is 5. The average Bonchev–Trinajstić information content (AvgIpc) is 2.98. The van der Waals surface area contributed by atoms with Crippen LogP contribution in [0.2, 0.25) is 0 Å². The smallest absolute Gasteiger partial charge is 0.268 e. The van der Waals surface area contributed by atoms with Crippen molar-refractivity contribution < 1.29 is 18.0 Å². The molecule has 0 saturated heterocycles. The first-order valence-electron chi connectivity index (χ1n) is 9.31. The van der Waals surface area contributed by atoms with Gasteiger partial charge >= 0.3 is 0 Å². The number of imide groups is 1. The number of carbonyl (C=O) groups excluding carboxylic acids is 2. The molecule has 2 N–H and O–H groups in total. The fraction of sp³-hybridized carbons (Fsp3) is 0.0435. The summed E-state index contributed by atoms with van der Waals surface area (Å²) in [5, 5.41) is 5.15. The van der Waals surface area contributed by atoms with E-state index in [1.54, 1.807) is 0 Å². The molecule has 0 unspecified atom stereocenters. The molecule has 31 heavy (non-hydrogen) atoms. The predicted octanol–water partition coefficient (Wildman–Crippen LogP) is 3.72. The molecule has 0 saturated carbocycles. The molecule has 8 heteroatoms. The highest BCUT2D eigenvalue weighted by atomic mass is 32.2. The van der Waals surface area contributed by atoms with Crippen LogP contribution in [0.25, 0.3) is 5.57 Å². The van der Waals surface area contributed by atoms with Gasteiger partial charge < -0.3 is 0 Å². The monoisotopic (exact) mass is 450 g/mol. The van der Waals surface area contributed by atoms with E-state index in [0.29, 0.717) is 16.0 Å². The maximum Gasteiger partial charge on any atom is 0.272 e. The minimum Gasteiger partial charge on any atom is -0.268 e. The van der Waals surface area contributed by atoms with Crippen molar-refractivity contribution in [3.05, 3.63) is 94.9 Å². The Hall–Kier alpha value is -3.20. The van der Waals surface area contributed by atoms with Crippen molar-refractivity contribution in [1.29, 1.82) is 0 Å². The molecule has 0 aromatic heterocycles. The summed E-state index contributed by atoms with van der Waals surface area (Å²) in [7, 11) is -3.88. The summed E-state index contributed by atoms with van der Waals surface area (Å²) in [6.45, 7) is 1.94. The van der Waals surface area contributed by atoms with Gasteiger partial charge in [-0.25, -0.2) is 18.5 Å². The van der Waals surface area contributed by atoms with Gasteiger partial charge in [0.15, 0.2) is 0 Å². The van der Waals surface area contributed by atoms with E-state index in [0.717, 1.165) is 15.4 Å². The van der Waals surface area contributed by atoms with E-state index < -0.39 is 21.8 Å². The van der Waals surface area contributed by atoms with Gasteiger partial charge in [-0.1, -0.05) is 59.8 Å². The van der Waals surface area contributed by atoms with Crippen molar-refractivity contribution in [3.8, 4) is 0 Å². The number of nitrogens with zero attached hydrogens (tertiary/aromatic N) is 1. The van der Waals surface area contributed by atoms with Crippen LogP contribution in [-0.2, 0) is 19.6 Å². The van der Waals surface area contributed by atoms with Gasteiger partial charge in [-0.2, -0.15) is 0 Å². The van der Waals surface area contributed by atoms with Gasteiger partial charge in [0.25, 0.3) is 11.8 Å². The average molecular weight is 451 g/mol. The molecule has 0 spiro atoms. The number of nitrogens with two attached hydrogens (primary N) is 1. The summed E-state index contributed by atoms with van der Waals surface area (Å²) in [6, 6.07) is 22.1. The van der Waals surface area contributed by atoms with Crippen molar-refractivity contribution >= 4 is 44.9 Å². The number of primary sulfonamides is 1. The molecule has 0 radical (unpaired) electrons. The molecule has 156 valence electrons. The molecular weight excluding hydrogens is 432 g/mol. The Labute approximate surface area is 184 Å². The van der Waals surface area contributed by atoms with Crippen LogP contribution >= 0.6 is 11.8 Å². The fourth-order valence-electron chi connectivity index (χ4n) is 3.20. The first-order chi connectivity index (χ1) is 14.8. The van der Waals surface area contributed by atoms with Gasteiger partial charge in [0.2, 0.25) is 10.0 Å². The molecule has 0 aliphatic carbocycles. The molecule has 0 atom stereocenters. The Bertz CT molecular complexity index is 1300. The number of benzene rings is 3. The normalized spacial score (nSPS) is 14.5. The molecule has 3 aromatic rings. The third kappa shape index (κ3) is 4.18. The lowest BCUT2D eigenvalue weighted by Crippen LogP contribution is -2.31. The summed E-state index contributed by atoms with van der Waals surface area (Å²) in [5.74, 6) is -0.923. The molecule has 3 aromatic carbocycles. The maximum atomic E-state index is 13.4. The van der Waals surface area contributed by atoms with Crippen LogP contribution in [0.4, 0.5) is 5.69 Å². The zero-order valence-corrected chi connectivity index (χ0v) is 18.1. The maximum absolute atomic E-state index is 13.4. The van der Waals surface area contributed by atoms with Gasteiger partial charge in [0.05, 0.1) is 21.1 Å². The highest BCUT2D eigenvalue weighted by Gasteiger charge is 2.40. The van der Waals surface area contributed by atoms with E-state index in [4.69, 9.17) is 5.14 Å². The lowest BCUT2D eigenvalue weighted by atomic mass is 10.0. The second kappa shape index (κ2) is 8.14. The largest absolute Gasteiger partial charge is 0.272 e. The number of sulfonamides is 1. The Kier molecular flexibility index (Phi) is 5.53. The third-order valence-electron chi connectivity index (χ3n) is 4.77. The Balaban J connectivity index is 1.79. The minimum absolute atomic E-state index is 0.0963. The van der Waals surface area contributed by atoms with Gasteiger partial charge in [0, 0.05) is 4.90 Å². The highest BCUT2D eigenvalue weighted by molar-refractivity contribution is 8.04. The van der Waals surface area contributed by atoms with E-state index in [-0.39, 0.29) is 10.6 Å². The zero-order chi connectivity index (χ0) is 22.2. The second-order valence-electron chi connectivity index (χ2n) is 6.97. The number of amides is 2. The van der Waals surface area contributed by atoms with E-state index in [2.05, 4.69) is 0 Å². The summed E-state index contributed by atoms with van der Waals surface area (Å²) in [6.07, 6.45) is 0. The molecule has 4 rings (SSSR count). The predicted molar refractivity (Wildman–Crippen MR) is 121 cm³/mol. The van der Waals surface area contributed by atoms with Gasteiger partial charge in [-0.15, -0.1) is 0 Å². The molecule has 0 fully saturated rings. The number of anilines is 1. The minimum atomic E-state index is -3.88. The Morgan fingerprint density at radius 2 is 1.42 bits per heavy atom. The lowest BCUT2D eigenvalue weighted by molar-refractivity contribution is -0.119. The van der Waals surface area contributed by atoms with Gasteiger partial charge in [-0.3, -0.25) is 9.59 Å². The van der Waals surface area contributed by atoms with E-state index in [1.807, 2.05) is 61.5 Å². The summed E-state index contributed by atoms with van der Waals surface area (Å²) in [4.78, 5) is 28.8. The van der Waals surface area contributed by atoms with Gasteiger partial charge in [0.1, 0.15) is 0 Å². The van der Waals surface area contributed by atoms with Crippen LogP contribution in [0.3, 0.4) is 0 Å². The summed E-state index contributed by atoms with van der Waals surface area (Å²) in [5.41, 5.74) is 2.27. The van der Waals surface area contributed by atoms with Crippen molar-refractivity contribution in [3.63, 3.8) is 0 Å². The number of hydrogen-bond acceptors (Lipinski definition) is 5. The topological polar surface area (TPSA) is 97.5 Å². The van der Waals surface area contributed by atoms with E-state index in [9.17, 15) is 18.0 Å². The second-order valence-corrected chi connectivity index (χ2v) is 9.62. The summed E-state index contributed by atoms with van der Waals surface area (Å²) >= 11 is 1.23. The first-order valence-corrected chi connectivity index (χ1v) is 11.7. The fourth-order valence-corrected chi connectivity index (χ4v) is 4.74. The molecule has 1 aliphatic rings. The zero-order valence-electron chi connectivity index (χ0n) is 16.5. The van der Waals surface area contributed by atoms with E-state index >= 15 is 0 Å². The van der Waals surface area contributed by atoms with Crippen LogP contribution in [0.15, 0.2) is 93.6 Å². The Morgan fingerprint density at radius 3 is 2.00 bits per heavy atom. The standard InChI is InChI=1S/C23H18N2O4S2/c1-15-7-9-16(10-8-15)20-21(30-18-5-3-2-4-6-18)23(27)25(22(20)26)17-11-13-19(14-12-17)31(24,28)29/h2-14H,1H3,(H2,24,28,29). The van der Waals surface area contributed by atoms with Gasteiger partial charge in [-0.05, 0) is 48.9 Å². The SMILES string of the molecule is Cc1ccc(C2=C(Sc3ccccc3)C(=O)N(c3ccc(S(N)(=O)=O)cc3)C2=O)cc1. The lowest BCUT2D eigenvalue weighted by Gasteiger charge is -2.15. The summed E-state index contributed by atoms with van der Waals surface area (Å²) < 4.78 is 23.1. The first kappa shape index (κ1) is 21.0. The molecule has 1 heterocycles. The number of aryl methyl sites for hydroxylation is 1. The van der Waals surface area contributed by atoms with Crippen LogP contribution in [0.1, 0.15) is 11.1 Å². The molecule has 2 amide bonds. The van der Waals surface area contributed by atoms with Crippen molar-refractivity contribution in [2.75, 3.05) is 4.90 Å². The third-order valence-corrected chi connectivity index (χ3v) is 6.79. The number of carbonyl (C=O) groups is 2. The number of hydrogen-bond donors (Lipinski definition) is 1. The van der Waals surface area contributed by atoms with Crippen LogP contribution in [-0.4, -0.2) is 20.2 Å². The quantitative estimate of drug-likeness (QED) is 0.598. The Morgan fingerprint density at radius 1 is 0.806 bits per heavy atom. The van der Waals surface area contributed by atoms with Crippen LogP contribution in [0.5, 0.6) is 0 Å². The molecule has 6 nitrogen and oxygen atoms in total. The molecule has 1 aliphatic heterocycles. The van der Waals surface area contributed by atoms with E-state index in [1.165, 1.54) is 36.0 Å². The van der Waals surface area contributed by atoms with Crippen molar-refractivity contribution in [2.45, 2.75) is 16.7 Å². The van der Waals surface area contributed by atoms with Crippen LogP contribution < -0.4 is 10.0 Å². The highest BCUT2D eigenvalue weighted by Crippen LogP contribution is 2.41. The number of thioether (sulfide) groups is 1. The van der Waals surface area contributed by atoms with Crippen molar-refractivity contribution in [2.24, 2.45) is 5.14 Å². The molecule has 0 bridgehead atoms. The van der Waals surface area contributed by atoms with Crippen molar-refractivity contribution in [1.82, 2.24) is 0 Å². The van der Waals surface area contributed by atoms with Crippen LogP contribution in [0, 0.1) is 6.92 Å². The molecular formula is C23H18N2O4S2.